The third-order valence-electron chi connectivity index (χ3n) is 7.89. The van der Waals surface area contributed by atoms with Gasteiger partial charge in [0.15, 0.2) is 0 Å². The summed E-state index contributed by atoms with van der Waals surface area (Å²) in [5.41, 5.74) is 5.78. The summed E-state index contributed by atoms with van der Waals surface area (Å²) in [4.78, 5) is 15.8. The number of hydrogen-bond acceptors (Lipinski definition) is 5. The molecule has 0 saturated heterocycles. The van der Waals surface area contributed by atoms with E-state index in [-0.39, 0.29) is 11.4 Å². The van der Waals surface area contributed by atoms with Crippen LogP contribution in [0.1, 0.15) is 52.3 Å². The average molecular weight is 539 g/mol. The van der Waals surface area contributed by atoms with E-state index in [1.54, 1.807) is 18.3 Å². The fourth-order valence-corrected chi connectivity index (χ4v) is 5.57. The Kier molecular flexibility index (Phi) is 7.13. The molecule has 2 N–H and O–H groups in total. The zero-order valence-corrected chi connectivity index (χ0v) is 22.5. The summed E-state index contributed by atoms with van der Waals surface area (Å²) in [5.74, 6) is 0.439. The lowest BCUT2D eigenvalue weighted by Crippen LogP contribution is -2.37. The molecule has 6 heteroatoms. The first-order valence-electron chi connectivity index (χ1n) is 13.8. The molecular formula is C35H30N4O2. The molecule has 1 saturated carbocycles. The van der Waals surface area contributed by atoms with Gasteiger partial charge in [0.1, 0.15) is 0 Å². The smallest absolute Gasteiger partial charge is 0.270 e. The molecule has 202 valence electrons. The van der Waals surface area contributed by atoms with E-state index in [0.717, 1.165) is 35.2 Å². The number of nitro groups is 1. The molecule has 1 aromatic heterocycles. The number of hydrogen-bond donors (Lipinski definition) is 2. The van der Waals surface area contributed by atoms with Crippen LogP contribution < -0.4 is 5.32 Å². The molecule has 0 unspecified atom stereocenters. The largest absolute Gasteiger partial charge is 0.383 e. The third kappa shape index (κ3) is 5.24. The van der Waals surface area contributed by atoms with Crippen molar-refractivity contribution in [2.45, 2.75) is 24.2 Å². The minimum Gasteiger partial charge on any atom is -0.383 e. The van der Waals surface area contributed by atoms with Crippen LogP contribution in [0.4, 0.5) is 11.4 Å². The third-order valence-corrected chi connectivity index (χ3v) is 7.89. The molecule has 41 heavy (non-hydrogen) atoms. The second kappa shape index (κ2) is 11.2. The van der Waals surface area contributed by atoms with Gasteiger partial charge in [-0.2, -0.15) is 0 Å². The zero-order chi connectivity index (χ0) is 28.2. The summed E-state index contributed by atoms with van der Waals surface area (Å²) < 4.78 is 0. The van der Waals surface area contributed by atoms with Crippen LogP contribution in [0.3, 0.4) is 0 Å². The van der Waals surface area contributed by atoms with Gasteiger partial charge in [-0.25, -0.2) is 0 Å². The topological polar surface area (TPSA) is 91.9 Å². The molecule has 4 aromatic carbocycles. The Bertz CT molecular complexity index is 1590. The molecule has 5 aromatic rings. The van der Waals surface area contributed by atoms with E-state index in [0.29, 0.717) is 29.3 Å². The van der Waals surface area contributed by atoms with Crippen LogP contribution >= 0.6 is 0 Å². The maximum atomic E-state index is 11.8. The minimum atomic E-state index is -0.569. The van der Waals surface area contributed by atoms with E-state index in [4.69, 9.17) is 5.41 Å². The second-order valence-electron chi connectivity index (χ2n) is 10.5. The van der Waals surface area contributed by atoms with Crippen molar-refractivity contribution in [1.82, 2.24) is 4.98 Å². The molecule has 1 aliphatic rings. The van der Waals surface area contributed by atoms with Crippen molar-refractivity contribution in [3.05, 3.63) is 171 Å². The summed E-state index contributed by atoms with van der Waals surface area (Å²) >= 11 is 0. The van der Waals surface area contributed by atoms with Gasteiger partial charge < -0.3 is 5.32 Å². The summed E-state index contributed by atoms with van der Waals surface area (Å²) in [5, 5.41) is 24.5. The molecule has 0 atom stereocenters. The van der Waals surface area contributed by atoms with Gasteiger partial charge in [-0.3, -0.25) is 20.5 Å². The lowest BCUT2D eigenvalue weighted by atomic mass is 9.69. The first kappa shape index (κ1) is 26.1. The van der Waals surface area contributed by atoms with Gasteiger partial charge in [-0.15, -0.1) is 0 Å². The Hall–Kier alpha value is -5.10. The van der Waals surface area contributed by atoms with Crippen molar-refractivity contribution in [3.63, 3.8) is 0 Å². The summed E-state index contributed by atoms with van der Waals surface area (Å²) in [6.45, 7) is 0.465. The number of benzene rings is 4. The van der Waals surface area contributed by atoms with Crippen molar-refractivity contribution >= 4 is 17.1 Å². The van der Waals surface area contributed by atoms with Crippen LogP contribution in [0.2, 0.25) is 0 Å². The van der Waals surface area contributed by atoms with Gasteiger partial charge in [-0.05, 0) is 47.7 Å². The average Bonchev–Trinajstić information content (AvgIpc) is 3.89. The van der Waals surface area contributed by atoms with Crippen LogP contribution in [0.5, 0.6) is 0 Å². The Morgan fingerprint density at radius 3 is 1.90 bits per heavy atom. The summed E-state index contributed by atoms with van der Waals surface area (Å²) in [6.07, 6.45) is 3.94. The molecule has 1 aliphatic carbocycles. The number of non-ortho nitro benzene ring substituents is 1. The Morgan fingerprint density at radius 2 is 1.39 bits per heavy atom. The number of nitrogens with one attached hydrogen (secondary N) is 2. The van der Waals surface area contributed by atoms with Crippen molar-refractivity contribution < 1.29 is 4.92 Å². The van der Waals surface area contributed by atoms with E-state index in [1.807, 2.05) is 60.7 Å². The highest BCUT2D eigenvalue weighted by molar-refractivity contribution is 6.14. The zero-order valence-electron chi connectivity index (χ0n) is 22.5. The second-order valence-corrected chi connectivity index (χ2v) is 10.5. The number of aromatic nitrogens is 1. The quantitative estimate of drug-likeness (QED) is 0.0824. The Balaban J connectivity index is 1.46. The highest BCUT2D eigenvalue weighted by atomic mass is 16.6. The molecular weight excluding hydrogens is 508 g/mol. The van der Waals surface area contributed by atoms with E-state index in [2.05, 4.69) is 46.7 Å². The van der Waals surface area contributed by atoms with Crippen LogP contribution in [-0.2, 0) is 5.41 Å². The summed E-state index contributed by atoms with van der Waals surface area (Å²) in [7, 11) is 0. The molecule has 6 rings (SSSR count). The van der Waals surface area contributed by atoms with E-state index in [1.165, 1.54) is 12.1 Å². The number of anilines is 1. The van der Waals surface area contributed by atoms with Crippen LogP contribution in [0, 0.1) is 15.5 Å². The standard InChI is InChI=1S/C35H30N4O2/c36-34(26-20-21-37-33(22-26)25-16-17-25)31-23-30(39(40)41)18-19-32(31)38-24-35(27-10-4-1-5-11-27,28-12-6-2-7-13-28)29-14-8-3-9-15-29/h1-15,18-23,25,36,38H,16-17,24H2. The first-order valence-corrected chi connectivity index (χ1v) is 13.8. The van der Waals surface area contributed by atoms with Crippen molar-refractivity contribution in [3.8, 4) is 0 Å². The van der Waals surface area contributed by atoms with Gasteiger partial charge in [0.05, 0.1) is 16.0 Å². The first-order chi connectivity index (χ1) is 20.1. The number of pyridine rings is 1. The predicted molar refractivity (Wildman–Crippen MR) is 163 cm³/mol. The normalized spacial score (nSPS) is 13.0. The van der Waals surface area contributed by atoms with Crippen molar-refractivity contribution in [2.24, 2.45) is 0 Å². The Labute approximate surface area is 239 Å². The van der Waals surface area contributed by atoms with Gasteiger partial charge in [0.2, 0.25) is 0 Å². The van der Waals surface area contributed by atoms with Crippen LogP contribution in [-0.4, -0.2) is 22.2 Å². The molecule has 0 amide bonds. The van der Waals surface area contributed by atoms with E-state index < -0.39 is 10.3 Å². The molecule has 6 nitrogen and oxygen atoms in total. The van der Waals surface area contributed by atoms with Crippen molar-refractivity contribution in [2.75, 3.05) is 11.9 Å². The van der Waals surface area contributed by atoms with Gasteiger partial charge >= 0.3 is 0 Å². The maximum Gasteiger partial charge on any atom is 0.270 e. The highest BCUT2D eigenvalue weighted by Gasteiger charge is 2.36. The van der Waals surface area contributed by atoms with E-state index in [9.17, 15) is 10.1 Å². The van der Waals surface area contributed by atoms with Crippen molar-refractivity contribution in [1.29, 1.82) is 5.41 Å². The number of rotatable bonds is 10. The van der Waals surface area contributed by atoms with Crippen LogP contribution in [0.15, 0.2) is 128 Å². The lowest BCUT2D eigenvalue weighted by molar-refractivity contribution is -0.384. The Morgan fingerprint density at radius 1 is 0.829 bits per heavy atom. The van der Waals surface area contributed by atoms with Gasteiger partial charge in [-0.1, -0.05) is 91.0 Å². The highest BCUT2D eigenvalue weighted by Crippen LogP contribution is 2.41. The maximum absolute atomic E-state index is 11.8. The SMILES string of the molecule is N=C(c1ccnc(C2CC2)c1)c1cc([N+](=O)[O-])ccc1NCC(c1ccccc1)(c1ccccc1)c1ccccc1. The fraction of sp³-hybridized carbons (Fsp3) is 0.143. The predicted octanol–water partition coefficient (Wildman–Crippen LogP) is 7.73. The van der Waals surface area contributed by atoms with Gasteiger partial charge in [0.25, 0.3) is 5.69 Å². The molecule has 0 bridgehead atoms. The molecule has 0 aliphatic heterocycles. The van der Waals surface area contributed by atoms with Crippen LogP contribution in [0.25, 0.3) is 0 Å². The van der Waals surface area contributed by atoms with E-state index >= 15 is 0 Å². The van der Waals surface area contributed by atoms with Gasteiger partial charge in [0, 0.05) is 53.3 Å². The lowest BCUT2D eigenvalue weighted by Gasteiger charge is -2.37. The molecule has 1 heterocycles. The summed E-state index contributed by atoms with van der Waals surface area (Å²) in [6, 6.07) is 39.6. The molecule has 0 radical (unpaired) electrons. The molecule has 1 fully saturated rings. The monoisotopic (exact) mass is 538 g/mol. The number of nitro benzene ring substituents is 1. The number of nitrogens with zero attached hydrogens (tertiary/aromatic N) is 2. The fourth-order valence-electron chi connectivity index (χ4n) is 5.57. The minimum absolute atomic E-state index is 0.0489. The molecule has 0 spiro atoms.